The normalized spacial score (nSPS) is 24.2. The monoisotopic (exact) mass is 222 g/mol. The summed E-state index contributed by atoms with van der Waals surface area (Å²) >= 11 is 0. The van der Waals surface area contributed by atoms with Gasteiger partial charge in [-0.3, -0.25) is 9.59 Å². The topological polar surface area (TPSA) is 43.4 Å². The average Bonchev–Trinajstić information content (AvgIpc) is 2.61. The van der Waals surface area contributed by atoms with Gasteiger partial charge in [-0.05, 0) is 24.6 Å². The molecule has 1 aliphatic rings. The molecule has 3 nitrogen and oxygen atoms in total. The lowest BCUT2D eigenvalue weighted by molar-refractivity contribution is -0.146. The minimum atomic E-state index is -0.671. The molecule has 1 fully saturated rings. The maximum Gasteiger partial charge on any atom is 0.317 e. The van der Waals surface area contributed by atoms with Crippen molar-refractivity contribution in [2.45, 2.75) is 19.4 Å². The molecule has 1 saturated heterocycles. The Bertz CT molecular complexity index is 424. The lowest BCUT2D eigenvalue weighted by atomic mass is 9.97. The lowest BCUT2D eigenvalue weighted by Crippen LogP contribution is -2.15. The van der Waals surface area contributed by atoms with E-state index in [1.807, 2.05) is 0 Å². The lowest BCUT2D eigenvalue weighted by Gasteiger charge is -2.08. The molecular weight excluding hydrogens is 211 g/mol. The van der Waals surface area contributed by atoms with E-state index in [9.17, 15) is 14.0 Å². The van der Waals surface area contributed by atoms with Crippen LogP contribution in [-0.2, 0) is 14.3 Å². The number of halogens is 1. The first kappa shape index (κ1) is 10.8. The number of cyclic esters (lactones) is 1. The zero-order chi connectivity index (χ0) is 11.7. The highest BCUT2D eigenvalue weighted by atomic mass is 19.1. The van der Waals surface area contributed by atoms with Gasteiger partial charge in [0.15, 0.2) is 0 Å². The molecule has 2 rings (SSSR count). The number of carbonyl (C=O) groups excluding carboxylic acids is 2. The molecule has 2 atom stereocenters. The largest absolute Gasteiger partial charge is 0.457 e. The average molecular weight is 222 g/mol. The van der Waals surface area contributed by atoms with Crippen molar-refractivity contribution >= 4 is 11.8 Å². The molecule has 0 N–H and O–H groups in total. The fourth-order valence-corrected chi connectivity index (χ4v) is 1.79. The first-order valence-electron chi connectivity index (χ1n) is 5.04. The third kappa shape index (κ3) is 1.96. The van der Waals surface area contributed by atoms with Gasteiger partial charge in [-0.2, -0.15) is 0 Å². The number of ketones is 1. The number of rotatable bonds is 2. The molecule has 1 aromatic carbocycles. The van der Waals surface area contributed by atoms with Crippen molar-refractivity contribution in [1.29, 1.82) is 0 Å². The van der Waals surface area contributed by atoms with Crippen molar-refractivity contribution < 1.29 is 18.7 Å². The van der Waals surface area contributed by atoms with E-state index in [0.29, 0.717) is 6.42 Å². The Kier molecular flexibility index (Phi) is 2.73. The molecule has 0 amide bonds. The van der Waals surface area contributed by atoms with Crippen molar-refractivity contribution in [3.05, 3.63) is 35.6 Å². The second-order valence-electron chi connectivity index (χ2n) is 3.88. The Hall–Kier alpha value is -1.71. The van der Waals surface area contributed by atoms with E-state index < -0.39 is 18.0 Å². The Morgan fingerprint density at radius 2 is 2.00 bits per heavy atom. The molecule has 0 unspecified atom stereocenters. The van der Waals surface area contributed by atoms with Gasteiger partial charge in [0.25, 0.3) is 0 Å². The molecule has 16 heavy (non-hydrogen) atoms. The van der Waals surface area contributed by atoms with Crippen molar-refractivity contribution in [2.24, 2.45) is 5.92 Å². The third-order valence-electron chi connectivity index (χ3n) is 2.73. The summed E-state index contributed by atoms with van der Waals surface area (Å²) in [5.74, 6) is -1.68. The molecule has 1 aliphatic heterocycles. The predicted molar refractivity (Wildman–Crippen MR) is 54.0 cm³/mol. The van der Waals surface area contributed by atoms with Gasteiger partial charge in [0.05, 0.1) is 0 Å². The molecule has 0 bridgehead atoms. The molecule has 0 saturated carbocycles. The van der Waals surface area contributed by atoms with E-state index in [1.54, 1.807) is 12.1 Å². The molecule has 4 heteroatoms. The summed E-state index contributed by atoms with van der Waals surface area (Å²) in [6.45, 7) is 1.37. The van der Waals surface area contributed by atoms with Crippen LogP contribution in [0, 0.1) is 11.7 Å². The fourth-order valence-electron chi connectivity index (χ4n) is 1.79. The molecular formula is C12H11FO3. The number of carbonyl (C=O) groups is 2. The van der Waals surface area contributed by atoms with Crippen molar-refractivity contribution in [3.8, 4) is 0 Å². The summed E-state index contributed by atoms with van der Waals surface area (Å²) in [6, 6.07) is 5.75. The summed E-state index contributed by atoms with van der Waals surface area (Å²) in [7, 11) is 0. The van der Waals surface area contributed by atoms with Gasteiger partial charge in [-0.25, -0.2) is 4.39 Å². The van der Waals surface area contributed by atoms with Gasteiger partial charge in [0.1, 0.15) is 23.6 Å². The molecule has 0 radical (unpaired) electrons. The Balaban J connectivity index is 2.16. The summed E-state index contributed by atoms with van der Waals surface area (Å²) < 4.78 is 17.8. The maximum atomic E-state index is 12.7. The highest BCUT2D eigenvalue weighted by molar-refractivity contribution is 5.98. The standard InChI is InChI=1S/C12H11FO3/c1-7(14)10-6-11(16-12(10)15)8-2-4-9(13)5-3-8/h2-5,10-11H,6H2,1H3/t10-,11-/m0/s1. The van der Waals surface area contributed by atoms with Gasteiger partial charge in [-0.1, -0.05) is 12.1 Å². The summed E-state index contributed by atoms with van der Waals surface area (Å²) in [5.41, 5.74) is 0.721. The van der Waals surface area contributed by atoms with E-state index in [4.69, 9.17) is 4.74 Å². The van der Waals surface area contributed by atoms with Gasteiger partial charge < -0.3 is 4.74 Å². The number of ether oxygens (including phenoxy) is 1. The molecule has 84 valence electrons. The van der Waals surface area contributed by atoms with E-state index >= 15 is 0 Å². The van der Waals surface area contributed by atoms with E-state index in [0.717, 1.165) is 5.56 Å². The number of Topliss-reactive ketones (excluding diaryl/α,β-unsaturated/α-hetero) is 1. The van der Waals surface area contributed by atoms with Crippen LogP contribution in [0.4, 0.5) is 4.39 Å². The smallest absolute Gasteiger partial charge is 0.317 e. The number of hydrogen-bond donors (Lipinski definition) is 0. The van der Waals surface area contributed by atoms with Crippen LogP contribution in [0.15, 0.2) is 24.3 Å². The first-order valence-corrected chi connectivity index (χ1v) is 5.04. The number of hydrogen-bond acceptors (Lipinski definition) is 3. The Labute approximate surface area is 92.2 Å². The summed E-state index contributed by atoms with van der Waals surface area (Å²) in [6.07, 6.45) is -0.0817. The van der Waals surface area contributed by atoms with Crippen molar-refractivity contribution in [1.82, 2.24) is 0 Å². The van der Waals surface area contributed by atoms with Gasteiger partial charge in [-0.15, -0.1) is 0 Å². The molecule has 0 aromatic heterocycles. The van der Waals surface area contributed by atoms with Gasteiger partial charge in [0.2, 0.25) is 0 Å². The van der Waals surface area contributed by atoms with Crippen LogP contribution in [0.25, 0.3) is 0 Å². The van der Waals surface area contributed by atoms with Crippen LogP contribution in [0.5, 0.6) is 0 Å². The number of benzene rings is 1. The molecule has 0 aliphatic carbocycles. The third-order valence-corrected chi connectivity index (χ3v) is 2.73. The van der Waals surface area contributed by atoms with E-state index in [1.165, 1.54) is 19.1 Å². The second-order valence-corrected chi connectivity index (χ2v) is 3.88. The van der Waals surface area contributed by atoms with Gasteiger partial charge >= 0.3 is 5.97 Å². The Morgan fingerprint density at radius 3 is 2.50 bits per heavy atom. The van der Waals surface area contributed by atoms with Crippen LogP contribution in [0.3, 0.4) is 0 Å². The quantitative estimate of drug-likeness (QED) is 0.568. The van der Waals surface area contributed by atoms with Crippen LogP contribution in [0.1, 0.15) is 25.0 Å². The zero-order valence-corrected chi connectivity index (χ0v) is 8.77. The maximum absolute atomic E-state index is 12.7. The first-order chi connectivity index (χ1) is 7.58. The van der Waals surface area contributed by atoms with Gasteiger partial charge in [0, 0.05) is 6.42 Å². The van der Waals surface area contributed by atoms with E-state index in [-0.39, 0.29) is 11.6 Å². The second kappa shape index (κ2) is 4.04. The molecule has 1 aromatic rings. The van der Waals surface area contributed by atoms with Crippen molar-refractivity contribution in [2.75, 3.05) is 0 Å². The molecule has 0 spiro atoms. The summed E-state index contributed by atoms with van der Waals surface area (Å²) in [4.78, 5) is 22.5. The van der Waals surface area contributed by atoms with E-state index in [2.05, 4.69) is 0 Å². The van der Waals surface area contributed by atoms with Crippen molar-refractivity contribution in [3.63, 3.8) is 0 Å². The van der Waals surface area contributed by atoms with Crippen LogP contribution in [0.2, 0.25) is 0 Å². The number of esters is 1. The summed E-state index contributed by atoms with van der Waals surface area (Å²) in [5, 5.41) is 0. The minimum absolute atomic E-state index is 0.186. The SMILES string of the molecule is CC(=O)[C@@H]1C[C@@H](c2ccc(F)cc2)OC1=O. The molecule has 1 heterocycles. The Morgan fingerprint density at radius 1 is 1.38 bits per heavy atom. The highest BCUT2D eigenvalue weighted by Gasteiger charge is 2.38. The van der Waals surface area contributed by atoms with Crippen LogP contribution >= 0.6 is 0 Å². The van der Waals surface area contributed by atoms with Crippen LogP contribution in [-0.4, -0.2) is 11.8 Å². The zero-order valence-electron chi connectivity index (χ0n) is 8.77. The highest BCUT2D eigenvalue weighted by Crippen LogP contribution is 2.33. The van der Waals surface area contributed by atoms with Crippen LogP contribution < -0.4 is 0 Å². The minimum Gasteiger partial charge on any atom is -0.457 e. The fraction of sp³-hybridized carbons (Fsp3) is 0.333. The predicted octanol–water partition coefficient (Wildman–Crippen LogP) is 2.02.